The molecule has 142 valence electrons. The van der Waals surface area contributed by atoms with E-state index >= 15 is 0 Å². The average Bonchev–Trinajstić information content (AvgIpc) is 2.62. The third-order valence-corrected chi connectivity index (χ3v) is 5.04. The number of rotatable bonds is 16. The van der Waals surface area contributed by atoms with Gasteiger partial charge < -0.3 is 9.90 Å². The van der Waals surface area contributed by atoms with Gasteiger partial charge >= 0.3 is 0 Å². The van der Waals surface area contributed by atoms with E-state index in [4.69, 9.17) is 0 Å². The summed E-state index contributed by atoms with van der Waals surface area (Å²) in [5, 5.41) is 11.1. The standard InChI is InChI=1S/C23H38O2/c1-2-3-4-5-6-7-8-9-10-11-12-13-14-15-18-21-19-16-17-20-22(21)23(24)25/h16-17,19-20H,2-15,18H2,1H3,(H,24,25)/p-1. The lowest BCUT2D eigenvalue weighted by atomic mass is 10.00. The summed E-state index contributed by atoms with van der Waals surface area (Å²) in [5.41, 5.74) is 1.28. The lowest BCUT2D eigenvalue weighted by molar-refractivity contribution is -0.255. The summed E-state index contributed by atoms with van der Waals surface area (Å²) in [4.78, 5) is 11.1. The largest absolute Gasteiger partial charge is 0.545 e. The van der Waals surface area contributed by atoms with Gasteiger partial charge in [-0.25, -0.2) is 0 Å². The highest BCUT2D eigenvalue weighted by atomic mass is 16.4. The molecule has 1 aromatic rings. The smallest absolute Gasteiger partial charge is 0.0718 e. The Morgan fingerprint density at radius 1 is 0.720 bits per heavy atom. The first-order valence-electron chi connectivity index (χ1n) is 10.5. The molecular formula is C23H37O2-. The highest BCUT2D eigenvalue weighted by Crippen LogP contribution is 2.15. The number of carboxylic acids is 1. The average molecular weight is 346 g/mol. The summed E-state index contributed by atoms with van der Waals surface area (Å²) in [5.74, 6) is -1.05. The second-order valence-electron chi connectivity index (χ2n) is 7.29. The third-order valence-electron chi connectivity index (χ3n) is 5.04. The van der Waals surface area contributed by atoms with Gasteiger partial charge in [0.2, 0.25) is 0 Å². The maximum Gasteiger partial charge on any atom is 0.0718 e. The molecule has 0 aliphatic carbocycles. The van der Waals surface area contributed by atoms with E-state index < -0.39 is 5.97 Å². The topological polar surface area (TPSA) is 40.1 Å². The Morgan fingerprint density at radius 3 is 1.64 bits per heavy atom. The van der Waals surface area contributed by atoms with Gasteiger partial charge in [0.05, 0.1) is 5.97 Å². The highest BCUT2D eigenvalue weighted by molar-refractivity contribution is 5.87. The first-order chi connectivity index (χ1) is 12.3. The molecule has 0 bridgehead atoms. The van der Waals surface area contributed by atoms with Crippen molar-refractivity contribution < 1.29 is 9.90 Å². The monoisotopic (exact) mass is 345 g/mol. The van der Waals surface area contributed by atoms with Crippen LogP contribution in [0.1, 0.15) is 113 Å². The van der Waals surface area contributed by atoms with E-state index in [1.807, 2.05) is 12.1 Å². The number of benzene rings is 1. The summed E-state index contributed by atoms with van der Waals surface area (Å²) in [7, 11) is 0. The van der Waals surface area contributed by atoms with Gasteiger partial charge in [0.25, 0.3) is 0 Å². The van der Waals surface area contributed by atoms with Crippen molar-refractivity contribution in [1.82, 2.24) is 0 Å². The number of carbonyl (C=O) groups excluding carboxylic acids is 1. The van der Waals surface area contributed by atoms with E-state index in [9.17, 15) is 9.90 Å². The van der Waals surface area contributed by atoms with Crippen LogP contribution in [0.15, 0.2) is 24.3 Å². The number of carboxylic acid groups (broad SMARTS) is 1. The Balaban J connectivity index is 1.90. The fourth-order valence-corrected chi connectivity index (χ4v) is 3.45. The molecule has 0 amide bonds. The van der Waals surface area contributed by atoms with Crippen molar-refractivity contribution in [2.24, 2.45) is 0 Å². The van der Waals surface area contributed by atoms with Crippen LogP contribution in [0.4, 0.5) is 0 Å². The van der Waals surface area contributed by atoms with Gasteiger partial charge in [-0.1, -0.05) is 115 Å². The summed E-state index contributed by atoms with van der Waals surface area (Å²) < 4.78 is 0. The lowest BCUT2D eigenvalue weighted by Gasteiger charge is -2.09. The van der Waals surface area contributed by atoms with Gasteiger partial charge in [-0.2, -0.15) is 0 Å². The van der Waals surface area contributed by atoms with E-state index in [2.05, 4.69) is 6.92 Å². The van der Waals surface area contributed by atoms with Crippen molar-refractivity contribution in [3.05, 3.63) is 35.4 Å². The van der Waals surface area contributed by atoms with Crippen molar-refractivity contribution in [1.29, 1.82) is 0 Å². The molecule has 1 aromatic carbocycles. The number of unbranched alkanes of at least 4 members (excludes halogenated alkanes) is 13. The van der Waals surface area contributed by atoms with Crippen LogP contribution < -0.4 is 5.11 Å². The Bertz CT molecular complexity index is 453. The number of aromatic carboxylic acids is 1. The molecule has 0 radical (unpaired) electrons. The molecule has 1 rings (SSSR count). The quantitative estimate of drug-likeness (QED) is 0.341. The molecule has 2 nitrogen and oxygen atoms in total. The van der Waals surface area contributed by atoms with Gasteiger partial charge in [-0.3, -0.25) is 0 Å². The maximum atomic E-state index is 11.1. The molecule has 25 heavy (non-hydrogen) atoms. The van der Waals surface area contributed by atoms with Crippen molar-refractivity contribution in [2.45, 2.75) is 103 Å². The summed E-state index contributed by atoms with van der Waals surface area (Å²) >= 11 is 0. The fraction of sp³-hybridized carbons (Fsp3) is 0.696. The van der Waals surface area contributed by atoms with Crippen LogP contribution in [0.25, 0.3) is 0 Å². The molecule has 2 heteroatoms. The van der Waals surface area contributed by atoms with E-state index in [-0.39, 0.29) is 0 Å². The minimum atomic E-state index is -1.05. The van der Waals surface area contributed by atoms with Crippen molar-refractivity contribution in [3.8, 4) is 0 Å². The van der Waals surface area contributed by atoms with Gasteiger partial charge in [0.15, 0.2) is 0 Å². The predicted molar refractivity (Wildman–Crippen MR) is 105 cm³/mol. The van der Waals surface area contributed by atoms with Crippen LogP contribution in [0.3, 0.4) is 0 Å². The second kappa shape index (κ2) is 15.0. The number of aryl methyl sites for hydroxylation is 1. The van der Waals surface area contributed by atoms with Crippen LogP contribution in [-0.2, 0) is 6.42 Å². The highest BCUT2D eigenvalue weighted by Gasteiger charge is 2.02. The third kappa shape index (κ3) is 11.0. The van der Waals surface area contributed by atoms with Crippen LogP contribution >= 0.6 is 0 Å². The minimum Gasteiger partial charge on any atom is -0.545 e. The molecule has 0 saturated heterocycles. The van der Waals surface area contributed by atoms with Gasteiger partial charge in [0.1, 0.15) is 0 Å². The van der Waals surface area contributed by atoms with Crippen LogP contribution in [0.2, 0.25) is 0 Å². The zero-order chi connectivity index (χ0) is 18.2. The van der Waals surface area contributed by atoms with Crippen LogP contribution in [0.5, 0.6) is 0 Å². The molecule has 0 unspecified atom stereocenters. The maximum absolute atomic E-state index is 11.1. The molecule has 0 aromatic heterocycles. The van der Waals surface area contributed by atoms with Gasteiger partial charge in [0, 0.05) is 5.56 Å². The molecule has 0 spiro atoms. The number of hydrogen-bond acceptors (Lipinski definition) is 2. The van der Waals surface area contributed by atoms with Crippen LogP contribution in [-0.4, -0.2) is 5.97 Å². The van der Waals surface area contributed by atoms with E-state index in [0.29, 0.717) is 5.56 Å². The Kier molecular flexibility index (Phi) is 13.0. The van der Waals surface area contributed by atoms with E-state index in [1.54, 1.807) is 12.1 Å². The van der Waals surface area contributed by atoms with E-state index in [0.717, 1.165) is 18.4 Å². The minimum absolute atomic E-state index is 0.359. The summed E-state index contributed by atoms with van der Waals surface area (Å²) in [6.45, 7) is 2.27. The van der Waals surface area contributed by atoms with Crippen molar-refractivity contribution in [2.75, 3.05) is 0 Å². The molecule has 0 N–H and O–H groups in total. The zero-order valence-corrected chi connectivity index (χ0v) is 16.2. The summed E-state index contributed by atoms with van der Waals surface area (Å²) in [6.07, 6.45) is 19.7. The molecule has 0 aliphatic rings. The number of carbonyl (C=O) groups is 1. The zero-order valence-electron chi connectivity index (χ0n) is 16.2. The molecule has 0 fully saturated rings. The van der Waals surface area contributed by atoms with Gasteiger partial charge in [-0.05, 0) is 18.4 Å². The predicted octanol–water partition coefficient (Wildman–Crippen LogP) is 6.07. The molecular weight excluding hydrogens is 308 g/mol. The normalized spacial score (nSPS) is 10.9. The van der Waals surface area contributed by atoms with Crippen LogP contribution in [0, 0.1) is 0 Å². The Labute approximate surface area is 155 Å². The summed E-state index contributed by atoms with van der Waals surface area (Å²) in [6, 6.07) is 7.23. The SMILES string of the molecule is CCCCCCCCCCCCCCCCc1ccccc1C(=O)[O-]. The fourth-order valence-electron chi connectivity index (χ4n) is 3.45. The van der Waals surface area contributed by atoms with E-state index in [1.165, 1.54) is 83.5 Å². The molecule has 0 aliphatic heterocycles. The van der Waals surface area contributed by atoms with Crippen molar-refractivity contribution in [3.63, 3.8) is 0 Å². The number of hydrogen-bond donors (Lipinski definition) is 0. The second-order valence-corrected chi connectivity index (χ2v) is 7.29. The molecule has 0 heterocycles. The Hall–Kier alpha value is -1.31. The van der Waals surface area contributed by atoms with Gasteiger partial charge in [-0.15, -0.1) is 0 Å². The molecule has 0 atom stereocenters. The van der Waals surface area contributed by atoms with Crippen molar-refractivity contribution >= 4 is 5.97 Å². The first kappa shape index (κ1) is 21.7. The first-order valence-corrected chi connectivity index (χ1v) is 10.5. The lowest BCUT2D eigenvalue weighted by Crippen LogP contribution is -2.23. The Morgan fingerprint density at radius 2 is 1.16 bits per heavy atom. The molecule has 0 saturated carbocycles.